The highest BCUT2D eigenvalue weighted by Gasteiger charge is 2.62. The predicted molar refractivity (Wildman–Crippen MR) is 69.3 cm³/mol. The molecule has 4 unspecified atom stereocenters. The van der Waals surface area contributed by atoms with Crippen LogP contribution in [0, 0.1) is 11.8 Å². The van der Waals surface area contributed by atoms with Crippen LogP contribution in [0.4, 0.5) is 0 Å². The van der Waals surface area contributed by atoms with Gasteiger partial charge in [0.25, 0.3) is 5.79 Å². The highest BCUT2D eigenvalue weighted by Crippen LogP contribution is 2.57. The van der Waals surface area contributed by atoms with Gasteiger partial charge in [-0.3, -0.25) is 0 Å². The van der Waals surface area contributed by atoms with Gasteiger partial charge in [-0.05, 0) is 36.8 Å². The van der Waals surface area contributed by atoms with E-state index in [4.69, 9.17) is 14.2 Å². The molecule has 1 spiro atoms. The van der Waals surface area contributed by atoms with E-state index in [2.05, 4.69) is 0 Å². The number of benzene rings is 1. The molecule has 4 heteroatoms. The van der Waals surface area contributed by atoms with Crippen LogP contribution in [-0.2, 0) is 9.47 Å². The van der Waals surface area contributed by atoms with E-state index in [-0.39, 0.29) is 5.97 Å². The third-order valence-corrected chi connectivity index (χ3v) is 5.37. The predicted octanol–water partition coefficient (Wildman–Crippen LogP) is 2.52. The van der Waals surface area contributed by atoms with Crippen LogP contribution >= 0.6 is 0 Å². The second kappa shape index (κ2) is 3.55. The molecule has 2 saturated heterocycles. The number of para-hydroxylation sites is 1. The van der Waals surface area contributed by atoms with Crippen LogP contribution in [-0.4, -0.2) is 24.0 Å². The van der Waals surface area contributed by atoms with E-state index in [9.17, 15) is 4.79 Å². The second-order valence-corrected chi connectivity index (χ2v) is 6.42. The SMILES string of the molecule is O=C1OC2(CC3C4CCC(O4)C3C2)Oc2ccccc21. The molecule has 5 rings (SSSR count). The molecule has 1 aromatic carbocycles. The average molecular weight is 272 g/mol. The first-order chi connectivity index (χ1) is 9.74. The minimum absolute atomic E-state index is 0.250. The summed E-state index contributed by atoms with van der Waals surface area (Å²) in [5.74, 6) is 0.654. The molecule has 4 nitrogen and oxygen atoms in total. The Balaban J connectivity index is 1.50. The first kappa shape index (κ1) is 11.1. The third kappa shape index (κ3) is 1.32. The molecule has 4 atom stereocenters. The number of fused-ring (bicyclic) bond motifs is 6. The summed E-state index contributed by atoms with van der Waals surface area (Å²) in [6.07, 6.45) is 4.55. The van der Waals surface area contributed by atoms with Gasteiger partial charge < -0.3 is 14.2 Å². The third-order valence-electron chi connectivity index (χ3n) is 5.37. The van der Waals surface area contributed by atoms with Crippen molar-refractivity contribution in [3.63, 3.8) is 0 Å². The van der Waals surface area contributed by atoms with E-state index < -0.39 is 5.79 Å². The van der Waals surface area contributed by atoms with Gasteiger partial charge in [-0.15, -0.1) is 0 Å². The number of ether oxygens (including phenoxy) is 3. The lowest BCUT2D eigenvalue weighted by Gasteiger charge is -2.35. The summed E-state index contributed by atoms with van der Waals surface area (Å²) >= 11 is 0. The van der Waals surface area contributed by atoms with E-state index in [0.717, 1.165) is 25.7 Å². The minimum atomic E-state index is -0.745. The molecule has 1 aliphatic carbocycles. The molecule has 3 heterocycles. The van der Waals surface area contributed by atoms with Crippen LogP contribution in [0.2, 0.25) is 0 Å². The van der Waals surface area contributed by atoms with Crippen molar-refractivity contribution in [1.29, 1.82) is 0 Å². The minimum Gasteiger partial charge on any atom is -0.451 e. The maximum atomic E-state index is 12.2. The number of hydrogen-bond acceptors (Lipinski definition) is 4. The Morgan fingerprint density at radius 3 is 2.45 bits per heavy atom. The maximum Gasteiger partial charge on any atom is 0.345 e. The molecule has 4 aliphatic rings. The molecule has 3 aliphatic heterocycles. The van der Waals surface area contributed by atoms with Crippen molar-refractivity contribution in [2.75, 3.05) is 0 Å². The van der Waals surface area contributed by atoms with Gasteiger partial charge in [-0.1, -0.05) is 12.1 Å². The van der Waals surface area contributed by atoms with Crippen molar-refractivity contribution in [3.05, 3.63) is 29.8 Å². The summed E-state index contributed by atoms with van der Waals surface area (Å²) in [5, 5.41) is 0. The molecule has 104 valence electrons. The lowest BCUT2D eigenvalue weighted by Crippen LogP contribution is -2.43. The van der Waals surface area contributed by atoms with Gasteiger partial charge in [-0.25, -0.2) is 4.79 Å². The highest BCUT2D eigenvalue weighted by molar-refractivity contribution is 5.93. The summed E-state index contributed by atoms with van der Waals surface area (Å²) in [7, 11) is 0. The largest absolute Gasteiger partial charge is 0.451 e. The van der Waals surface area contributed by atoms with E-state index in [1.807, 2.05) is 18.2 Å². The molecule has 2 bridgehead atoms. The average Bonchev–Trinajstić information content (AvgIpc) is 3.10. The van der Waals surface area contributed by atoms with Crippen molar-refractivity contribution >= 4 is 5.97 Å². The summed E-state index contributed by atoms with van der Waals surface area (Å²) in [5.41, 5.74) is 0.536. The van der Waals surface area contributed by atoms with Gasteiger partial charge in [-0.2, -0.15) is 0 Å². The lowest BCUT2D eigenvalue weighted by atomic mass is 9.82. The summed E-state index contributed by atoms with van der Waals surface area (Å²) in [4.78, 5) is 12.2. The first-order valence-electron chi connectivity index (χ1n) is 7.41. The zero-order chi connectivity index (χ0) is 13.3. The fourth-order valence-electron chi connectivity index (χ4n) is 4.57. The molecular formula is C16H16O4. The van der Waals surface area contributed by atoms with Gasteiger partial charge in [0.15, 0.2) is 0 Å². The Labute approximate surface area is 117 Å². The zero-order valence-electron chi connectivity index (χ0n) is 11.1. The van der Waals surface area contributed by atoms with E-state index in [0.29, 0.717) is 35.4 Å². The Hall–Kier alpha value is -1.55. The van der Waals surface area contributed by atoms with E-state index in [1.54, 1.807) is 6.07 Å². The normalized spacial score (nSPS) is 44.1. The van der Waals surface area contributed by atoms with E-state index in [1.165, 1.54) is 0 Å². The second-order valence-electron chi connectivity index (χ2n) is 6.42. The summed E-state index contributed by atoms with van der Waals surface area (Å²) in [6.45, 7) is 0. The molecule has 0 amide bonds. The van der Waals surface area contributed by atoms with Crippen LogP contribution in [0.3, 0.4) is 0 Å². The quantitative estimate of drug-likeness (QED) is 0.681. The lowest BCUT2D eigenvalue weighted by molar-refractivity contribution is -0.158. The Morgan fingerprint density at radius 1 is 1.00 bits per heavy atom. The molecule has 20 heavy (non-hydrogen) atoms. The molecule has 0 N–H and O–H groups in total. The smallest absolute Gasteiger partial charge is 0.345 e. The zero-order valence-corrected chi connectivity index (χ0v) is 11.1. The van der Waals surface area contributed by atoms with Crippen molar-refractivity contribution < 1.29 is 19.0 Å². The Morgan fingerprint density at radius 2 is 1.70 bits per heavy atom. The van der Waals surface area contributed by atoms with Crippen molar-refractivity contribution in [2.24, 2.45) is 11.8 Å². The molecule has 3 fully saturated rings. The first-order valence-corrected chi connectivity index (χ1v) is 7.41. The number of carbonyl (C=O) groups is 1. The fraction of sp³-hybridized carbons (Fsp3) is 0.562. The Bertz CT molecular complexity index is 578. The molecule has 0 aromatic heterocycles. The summed E-state index contributed by atoms with van der Waals surface area (Å²) < 4.78 is 17.8. The summed E-state index contributed by atoms with van der Waals surface area (Å²) in [6, 6.07) is 7.34. The number of hydrogen-bond donors (Lipinski definition) is 0. The monoisotopic (exact) mass is 272 g/mol. The van der Waals surface area contributed by atoms with Crippen molar-refractivity contribution in [3.8, 4) is 5.75 Å². The van der Waals surface area contributed by atoms with Crippen molar-refractivity contribution in [1.82, 2.24) is 0 Å². The molecule has 1 aromatic rings. The number of carbonyl (C=O) groups excluding carboxylic acids is 1. The van der Waals surface area contributed by atoms with E-state index >= 15 is 0 Å². The standard InChI is InChI=1S/C16H16O4/c17-15-9-3-1-2-4-14(9)19-16(20-15)7-10-11(8-16)13-6-5-12(10)18-13/h1-4,10-13H,5-8H2. The molecule has 1 saturated carbocycles. The van der Waals surface area contributed by atoms with Gasteiger partial charge in [0.1, 0.15) is 11.3 Å². The van der Waals surface area contributed by atoms with Crippen LogP contribution < -0.4 is 4.74 Å². The van der Waals surface area contributed by atoms with Gasteiger partial charge >= 0.3 is 5.97 Å². The van der Waals surface area contributed by atoms with Gasteiger partial charge in [0, 0.05) is 12.8 Å². The van der Waals surface area contributed by atoms with Gasteiger partial charge in [0.2, 0.25) is 0 Å². The van der Waals surface area contributed by atoms with Crippen LogP contribution in [0.25, 0.3) is 0 Å². The van der Waals surface area contributed by atoms with Crippen LogP contribution in [0.15, 0.2) is 24.3 Å². The van der Waals surface area contributed by atoms with Crippen LogP contribution in [0.1, 0.15) is 36.0 Å². The molecule has 0 radical (unpaired) electrons. The van der Waals surface area contributed by atoms with Crippen molar-refractivity contribution in [2.45, 2.75) is 43.7 Å². The topological polar surface area (TPSA) is 44.8 Å². The maximum absolute atomic E-state index is 12.2. The molecular weight excluding hydrogens is 256 g/mol. The number of rotatable bonds is 0. The highest BCUT2D eigenvalue weighted by atomic mass is 16.7. The Kier molecular flexibility index (Phi) is 1.98. The van der Waals surface area contributed by atoms with Gasteiger partial charge in [0.05, 0.1) is 12.2 Å². The fourth-order valence-corrected chi connectivity index (χ4v) is 4.57. The van der Waals surface area contributed by atoms with Crippen LogP contribution in [0.5, 0.6) is 5.75 Å². The number of esters is 1.